The Morgan fingerprint density at radius 2 is 1.96 bits per heavy atom. The van der Waals surface area contributed by atoms with Gasteiger partial charge in [-0.1, -0.05) is 35.6 Å². The molecule has 24 heavy (non-hydrogen) atoms. The Kier molecular flexibility index (Phi) is 3.94. The highest BCUT2D eigenvalue weighted by atomic mass is 32.1. The SMILES string of the molecule is CC(=O)N(Cc1ccc(Nc2nc3ccccc3s2)cc1)C1CC1. The fourth-order valence-electron chi connectivity index (χ4n) is 2.82. The second kappa shape index (κ2) is 6.24. The number of benzene rings is 2. The predicted octanol–water partition coefficient (Wildman–Crippen LogP) is 4.55. The Labute approximate surface area is 145 Å². The number of hydrogen-bond acceptors (Lipinski definition) is 4. The Bertz CT molecular complexity index is 835. The molecule has 5 heteroatoms. The first-order valence-corrected chi connectivity index (χ1v) is 8.99. The molecular formula is C19H19N3OS. The van der Waals surface area contributed by atoms with Gasteiger partial charge in [-0.3, -0.25) is 4.79 Å². The molecule has 0 unspecified atom stereocenters. The van der Waals surface area contributed by atoms with Gasteiger partial charge in [0.2, 0.25) is 5.91 Å². The maximum absolute atomic E-state index is 11.7. The van der Waals surface area contributed by atoms with Crippen LogP contribution in [-0.4, -0.2) is 21.8 Å². The maximum Gasteiger partial charge on any atom is 0.219 e. The molecule has 122 valence electrons. The minimum absolute atomic E-state index is 0.161. The largest absolute Gasteiger partial charge is 0.336 e. The molecule has 1 N–H and O–H groups in total. The van der Waals surface area contributed by atoms with E-state index in [0.29, 0.717) is 12.6 Å². The average molecular weight is 337 g/mol. The molecule has 2 aromatic carbocycles. The van der Waals surface area contributed by atoms with E-state index in [0.717, 1.165) is 34.7 Å². The molecule has 1 amide bonds. The molecule has 3 aromatic rings. The monoisotopic (exact) mass is 337 g/mol. The minimum atomic E-state index is 0.161. The van der Waals surface area contributed by atoms with Crippen LogP contribution < -0.4 is 5.32 Å². The average Bonchev–Trinajstić information content (AvgIpc) is 3.33. The fourth-order valence-corrected chi connectivity index (χ4v) is 3.71. The van der Waals surface area contributed by atoms with E-state index in [4.69, 9.17) is 0 Å². The zero-order valence-electron chi connectivity index (χ0n) is 13.5. The highest BCUT2D eigenvalue weighted by Crippen LogP contribution is 2.30. The van der Waals surface area contributed by atoms with Crippen molar-refractivity contribution in [2.24, 2.45) is 0 Å². The van der Waals surface area contributed by atoms with Gasteiger partial charge >= 0.3 is 0 Å². The molecule has 0 spiro atoms. The lowest BCUT2D eigenvalue weighted by atomic mass is 10.2. The van der Waals surface area contributed by atoms with Crippen molar-refractivity contribution < 1.29 is 4.79 Å². The van der Waals surface area contributed by atoms with E-state index in [1.54, 1.807) is 18.3 Å². The van der Waals surface area contributed by atoms with Gasteiger partial charge in [-0.25, -0.2) is 4.98 Å². The smallest absolute Gasteiger partial charge is 0.219 e. The van der Waals surface area contributed by atoms with Crippen molar-refractivity contribution in [3.8, 4) is 0 Å². The Morgan fingerprint density at radius 1 is 1.21 bits per heavy atom. The Balaban J connectivity index is 1.46. The minimum Gasteiger partial charge on any atom is -0.336 e. The van der Waals surface area contributed by atoms with Gasteiger partial charge in [-0.05, 0) is 42.7 Å². The molecule has 0 radical (unpaired) electrons. The number of nitrogens with zero attached hydrogens (tertiary/aromatic N) is 2. The zero-order chi connectivity index (χ0) is 16.5. The standard InChI is InChI=1S/C19H19N3OS/c1-13(23)22(16-10-11-16)12-14-6-8-15(9-7-14)20-19-21-17-4-2-3-5-18(17)24-19/h2-9,16H,10-12H2,1H3,(H,20,21). The molecule has 1 heterocycles. The van der Waals surface area contributed by atoms with Crippen LogP contribution in [0.5, 0.6) is 0 Å². The van der Waals surface area contributed by atoms with E-state index >= 15 is 0 Å². The van der Waals surface area contributed by atoms with Crippen LogP contribution in [0.4, 0.5) is 10.8 Å². The van der Waals surface area contributed by atoms with Crippen molar-refractivity contribution >= 4 is 38.3 Å². The fraction of sp³-hybridized carbons (Fsp3) is 0.263. The summed E-state index contributed by atoms with van der Waals surface area (Å²) >= 11 is 1.65. The lowest BCUT2D eigenvalue weighted by Gasteiger charge is -2.20. The third kappa shape index (κ3) is 3.26. The van der Waals surface area contributed by atoms with E-state index < -0.39 is 0 Å². The number of carbonyl (C=O) groups is 1. The van der Waals surface area contributed by atoms with Gasteiger partial charge in [0.25, 0.3) is 0 Å². The molecule has 1 aromatic heterocycles. The van der Waals surface area contributed by atoms with Crippen molar-refractivity contribution in [2.45, 2.75) is 32.4 Å². The number of carbonyl (C=O) groups excluding carboxylic acids is 1. The van der Waals surface area contributed by atoms with Crippen LogP contribution in [0.2, 0.25) is 0 Å². The quantitative estimate of drug-likeness (QED) is 0.743. The molecule has 0 atom stereocenters. The summed E-state index contributed by atoms with van der Waals surface area (Å²) in [6, 6.07) is 16.8. The summed E-state index contributed by atoms with van der Waals surface area (Å²) in [5, 5.41) is 4.25. The highest BCUT2D eigenvalue weighted by molar-refractivity contribution is 7.22. The third-order valence-corrected chi connectivity index (χ3v) is 5.20. The Hall–Kier alpha value is -2.40. The van der Waals surface area contributed by atoms with E-state index in [1.807, 2.05) is 35.2 Å². The number of hydrogen-bond donors (Lipinski definition) is 1. The lowest BCUT2D eigenvalue weighted by molar-refractivity contribution is -0.130. The van der Waals surface area contributed by atoms with Gasteiger partial charge in [-0.15, -0.1) is 0 Å². The topological polar surface area (TPSA) is 45.2 Å². The van der Waals surface area contributed by atoms with Crippen molar-refractivity contribution in [2.75, 3.05) is 5.32 Å². The molecule has 4 nitrogen and oxygen atoms in total. The van der Waals surface area contributed by atoms with Crippen LogP contribution in [0, 0.1) is 0 Å². The maximum atomic E-state index is 11.7. The lowest BCUT2D eigenvalue weighted by Crippen LogP contribution is -2.30. The van der Waals surface area contributed by atoms with Crippen LogP contribution >= 0.6 is 11.3 Å². The molecule has 0 bridgehead atoms. The van der Waals surface area contributed by atoms with Gasteiger partial charge in [0.15, 0.2) is 5.13 Å². The van der Waals surface area contributed by atoms with E-state index in [-0.39, 0.29) is 5.91 Å². The number of thiazole rings is 1. The molecule has 1 aliphatic rings. The molecular weight excluding hydrogens is 318 g/mol. The predicted molar refractivity (Wildman–Crippen MR) is 98.6 cm³/mol. The summed E-state index contributed by atoms with van der Waals surface area (Å²) < 4.78 is 1.18. The summed E-state index contributed by atoms with van der Waals surface area (Å²) in [7, 11) is 0. The summed E-state index contributed by atoms with van der Waals surface area (Å²) in [5.74, 6) is 0.161. The number of aromatic nitrogens is 1. The second-order valence-electron chi connectivity index (χ2n) is 6.19. The first-order valence-electron chi connectivity index (χ1n) is 8.18. The van der Waals surface area contributed by atoms with Crippen molar-refractivity contribution in [3.05, 3.63) is 54.1 Å². The van der Waals surface area contributed by atoms with Crippen LogP contribution in [0.3, 0.4) is 0 Å². The van der Waals surface area contributed by atoms with Crippen LogP contribution in [0.15, 0.2) is 48.5 Å². The summed E-state index contributed by atoms with van der Waals surface area (Å²) in [6.45, 7) is 2.35. The normalized spacial score (nSPS) is 13.9. The van der Waals surface area contributed by atoms with E-state index in [9.17, 15) is 4.79 Å². The number of fused-ring (bicyclic) bond motifs is 1. The van der Waals surface area contributed by atoms with Gasteiger partial charge in [0, 0.05) is 25.2 Å². The summed E-state index contributed by atoms with van der Waals surface area (Å²) in [6.07, 6.45) is 2.27. The highest BCUT2D eigenvalue weighted by Gasteiger charge is 2.30. The number of amides is 1. The summed E-state index contributed by atoms with van der Waals surface area (Å²) in [5.41, 5.74) is 3.19. The van der Waals surface area contributed by atoms with Gasteiger partial charge in [0.1, 0.15) is 0 Å². The van der Waals surface area contributed by atoms with Gasteiger partial charge < -0.3 is 10.2 Å². The molecule has 4 rings (SSSR count). The molecule has 0 aliphatic heterocycles. The van der Waals surface area contributed by atoms with Crippen molar-refractivity contribution in [3.63, 3.8) is 0 Å². The van der Waals surface area contributed by atoms with Crippen molar-refractivity contribution in [1.29, 1.82) is 0 Å². The van der Waals surface area contributed by atoms with E-state index in [2.05, 4.69) is 28.5 Å². The Morgan fingerprint density at radius 3 is 2.62 bits per heavy atom. The number of nitrogens with one attached hydrogen (secondary N) is 1. The third-order valence-electron chi connectivity index (χ3n) is 4.24. The number of anilines is 2. The van der Waals surface area contributed by atoms with Gasteiger partial charge in [0.05, 0.1) is 10.2 Å². The van der Waals surface area contributed by atoms with Gasteiger partial charge in [-0.2, -0.15) is 0 Å². The van der Waals surface area contributed by atoms with Crippen molar-refractivity contribution in [1.82, 2.24) is 9.88 Å². The summed E-state index contributed by atoms with van der Waals surface area (Å²) in [4.78, 5) is 18.3. The molecule has 1 fully saturated rings. The van der Waals surface area contributed by atoms with Crippen LogP contribution in [0.1, 0.15) is 25.3 Å². The molecule has 0 saturated heterocycles. The van der Waals surface area contributed by atoms with Crippen LogP contribution in [-0.2, 0) is 11.3 Å². The number of rotatable bonds is 5. The first kappa shape index (κ1) is 15.1. The first-order chi connectivity index (χ1) is 11.7. The molecule has 1 saturated carbocycles. The van der Waals surface area contributed by atoms with Crippen LogP contribution in [0.25, 0.3) is 10.2 Å². The second-order valence-corrected chi connectivity index (χ2v) is 7.22. The zero-order valence-corrected chi connectivity index (χ0v) is 14.3. The van der Waals surface area contributed by atoms with E-state index in [1.165, 1.54) is 4.70 Å². The molecule has 1 aliphatic carbocycles. The number of para-hydroxylation sites is 1.